The SMILES string of the molecule is C=Cc1nc(-n2c(=O)c3cc4c(=O)n(-c5cccc(N(c6ccc(C)cc6)c6ccc(C)cc6)c5O)c(=O)c4cc3c2=O)nc(-n2c(=O)c3cc4c(=O)n(-c5cccc(N(c6ccc(C(C)(C)c7ccccc7)cc6)c6ccc(C(C)(C)c7ccccc7)cc6)c5O)c(=O)c4cc3c2=O)n1. The molecule has 19 heteroatoms. The summed E-state index contributed by atoms with van der Waals surface area (Å²) in [6, 6.07) is 65.1. The van der Waals surface area contributed by atoms with Crippen molar-refractivity contribution in [1.82, 2.24) is 33.2 Å². The maximum Gasteiger partial charge on any atom is 0.268 e. The summed E-state index contributed by atoms with van der Waals surface area (Å²) < 4.78 is 2.66. The molecule has 0 amide bonds. The van der Waals surface area contributed by atoms with Crippen molar-refractivity contribution in [1.29, 1.82) is 0 Å². The molecule has 10 aromatic carbocycles. The first-order valence-corrected chi connectivity index (χ1v) is 32.0. The zero-order chi connectivity index (χ0) is 70.0. The fourth-order valence-corrected chi connectivity index (χ4v) is 13.5. The molecule has 488 valence electrons. The average Bonchev–Trinajstić information content (AvgIpc) is 1.57. The van der Waals surface area contributed by atoms with Crippen LogP contribution in [0.3, 0.4) is 0 Å². The summed E-state index contributed by atoms with van der Waals surface area (Å²) in [4.78, 5) is 133. The van der Waals surface area contributed by atoms with E-state index >= 15 is 0 Å². The Balaban J connectivity index is 0.792. The molecular formula is C81H59N9O10. The first kappa shape index (κ1) is 62.8. The van der Waals surface area contributed by atoms with E-state index in [4.69, 9.17) is 0 Å². The van der Waals surface area contributed by atoms with E-state index in [-0.39, 0.29) is 82.5 Å². The highest BCUT2D eigenvalue weighted by molar-refractivity contribution is 6.00. The van der Waals surface area contributed by atoms with Crippen LogP contribution in [-0.2, 0) is 10.8 Å². The van der Waals surface area contributed by atoms with E-state index in [1.165, 1.54) is 12.1 Å². The van der Waals surface area contributed by atoms with Crippen molar-refractivity contribution in [3.63, 3.8) is 0 Å². The van der Waals surface area contributed by atoms with Crippen molar-refractivity contribution < 1.29 is 10.2 Å². The summed E-state index contributed by atoms with van der Waals surface area (Å²) in [6.07, 6.45) is 1.12. The molecule has 0 saturated carbocycles. The number of nitrogens with zero attached hydrogens (tertiary/aromatic N) is 9. The lowest BCUT2D eigenvalue weighted by Gasteiger charge is -2.30. The predicted octanol–water partition coefficient (Wildman–Crippen LogP) is 12.5. The van der Waals surface area contributed by atoms with Crippen LogP contribution in [0.2, 0.25) is 0 Å². The maximum absolute atomic E-state index is 14.8. The van der Waals surface area contributed by atoms with Gasteiger partial charge in [-0.1, -0.05) is 167 Å². The monoisotopic (exact) mass is 1320 g/mol. The number of hydrogen-bond donors (Lipinski definition) is 2. The van der Waals surface area contributed by atoms with Crippen LogP contribution < -0.4 is 54.3 Å². The largest absolute Gasteiger partial charge is 0.504 e. The van der Waals surface area contributed by atoms with E-state index in [9.17, 15) is 48.6 Å². The van der Waals surface area contributed by atoms with Gasteiger partial charge in [0.2, 0.25) is 11.9 Å². The first-order chi connectivity index (χ1) is 48.0. The summed E-state index contributed by atoms with van der Waals surface area (Å²) >= 11 is 0. The predicted molar refractivity (Wildman–Crippen MR) is 391 cm³/mol. The summed E-state index contributed by atoms with van der Waals surface area (Å²) in [5.41, 5.74) is 0.556. The molecule has 0 bridgehead atoms. The van der Waals surface area contributed by atoms with Gasteiger partial charge in [0.05, 0.1) is 65.8 Å². The minimum Gasteiger partial charge on any atom is -0.504 e. The highest BCUT2D eigenvalue weighted by Crippen LogP contribution is 2.46. The summed E-state index contributed by atoms with van der Waals surface area (Å²) in [5, 5.41) is 22.4. The van der Waals surface area contributed by atoms with Gasteiger partial charge in [0.1, 0.15) is 0 Å². The van der Waals surface area contributed by atoms with Crippen LogP contribution in [0.1, 0.15) is 66.9 Å². The second-order valence-electron chi connectivity index (χ2n) is 25.9. The normalized spacial score (nSPS) is 11.9. The molecule has 100 heavy (non-hydrogen) atoms. The Labute approximate surface area is 567 Å². The molecule has 0 aliphatic heterocycles. The number of anilines is 6. The molecule has 0 spiro atoms. The smallest absolute Gasteiger partial charge is 0.268 e. The standard InChI is InChI=1S/C81H59N9O10/c1-8-67-82-78(89-74(97)59-41-55-56(42-60(59)75(89)98)71(94)87(70(55)93)65-23-15-21-63(68(65)91)85(51-33-25-45(2)26-34-51)52-35-27-46(3)28-36-52)84-79(83-67)90-76(99)61-43-57-58(44-62(61)77(90)100)73(96)88(72(57)95)66-24-16-22-64(69(66)92)86(53-37-29-49(30-38-53)80(4,5)47-17-11-9-12-18-47)54-39-31-50(32-40-54)81(6,7)48-19-13-10-14-20-48/h8-44,91-92H,1H2,2-7H3. The van der Waals surface area contributed by atoms with E-state index in [2.05, 4.69) is 73.5 Å². The van der Waals surface area contributed by atoms with E-state index in [1.54, 1.807) is 29.2 Å². The van der Waals surface area contributed by atoms with E-state index in [0.29, 0.717) is 31.9 Å². The maximum atomic E-state index is 14.8. The van der Waals surface area contributed by atoms with Crippen LogP contribution in [0.5, 0.6) is 11.5 Å². The van der Waals surface area contributed by atoms with Gasteiger partial charge >= 0.3 is 0 Å². The summed E-state index contributed by atoms with van der Waals surface area (Å²) in [7, 11) is 0. The molecule has 5 aromatic heterocycles. The van der Waals surface area contributed by atoms with Crippen LogP contribution in [0.25, 0.3) is 72.4 Å². The van der Waals surface area contributed by atoms with Gasteiger partial charge in [-0.3, -0.25) is 38.4 Å². The molecule has 0 aliphatic rings. The number of phenolic OH excluding ortho intramolecular Hbond substituents is 2. The molecule has 15 rings (SSSR count). The molecule has 0 aliphatic carbocycles. The fourth-order valence-electron chi connectivity index (χ4n) is 13.5. The number of aromatic nitrogens is 7. The van der Waals surface area contributed by atoms with Gasteiger partial charge in [-0.2, -0.15) is 15.0 Å². The Morgan fingerprint density at radius 2 is 0.610 bits per heavy atom. The molecular weight excluding hydrogens is 1260 g/mol. The molecule has 15 aromatic rings. The molecule has 0 radical (unpaired) electrons. The molecule has 5 heterocycles. The Morgan fingerprint density at radius 3 is 0.900 bits per heavy atom. The van der Waals surface area contributed by atoms with E-state index < -0.39 is 67.9 Å². The van der Waals surface area contributed by atoms with Crippen molar-refractivity contribution in [2.45, 2.75) is 52.4 Å². The number of benzene rings is 10. The van der Waals surface area contributed by atoms with Gasteiger partial charge in [0.25, 0.3) is 44.5 Å². The molecule has 0 saturated heterocycles. The topological polar surface area (TPSA) is 242 Å². The third kappa shape index (κ3) is 9.91. The lowest BCUT2D eigenvalue weighted by Crippen LogP contribution is -2.30. The van der Waals surface area contributed by atoms with Gasteiger partial charge in [0, 0.05) is 33.6 Å². The zero-order valence-electron chi connectivity index (χ0n) is 54.8. The molecule has 19 nitrogen and oxygen atoms in total. The Bertz CT molecular complexity index is 6040. The number of phenols is 2. The van der Waals surface area contributed by atoms with Crippen molar-refractivity contribution >= 4 is 83.3 Å². The number of aromatic hydroxyl groups is 2. The van der Waals surface area contributed by atoms with Crippen LogP contribution in [0.15, 0.2) is 263 Å². The highest BCUT2D eigenvalue weighted by atomic mass is 16.3. The van der Waals surface area contributed by atoms with Crippen LogP contribution in [0.4, 0.5) is 34.1 Å². The van der Waals surface area contributed by atoms with Crippen LogP contribution in [0, 0.1) is 13.8 Å². The minimum absolute atomic E-state index is 0.159. The molecule has 0 fully saturated rings. The molecule has 0 unspecified atom stereocenters. The van der Waals surface area contributed by atoms with E-state index in [1.807, 2.05) is 152 Å². The lowest BCUT2D eigenvalue weighted by atomic mass is 9.78. The summed E-state index contributed by atoms with van der Waals surface area (Å²) in [5.74, 6) is -2.45. The zero-order valence-corrected chi connectivity index (χ0v) is 54.8. The van der Waals surface area contributed by atoms with Gasteiger partial charge < -0.3 is 20.0 Å². The number of rotatable bonds is 15. The van der Waals surface area contributed by atoms with E-state index in [0.717, 1.165) is 72.9 Å². The van der Waals surface area contributed by atoms with Gasteiger partial charge in [-0.05, 0) is 139 Å². The quantitative estimate of drug-likeness (QED) is 0.0969. The minimum atomic E-state index is -1.04. The second-order valence-corrected chi connectivity index (χ2v) is 25.9. The van der Waals surface area contributed by atoms with Gasteiger partial charge in [-0.15, -0.1) is 0 Å². The first-order valence-electron chi connectivity index (χ1n) is 32.0. The van der Waals surface area contributed by atoms with Crippen molar-refractivity contribution in [3.8, 4) is 34.8 Å². The fraction of sp³-hybridized carbons (Fsp3) is 0.0988. The van der Waals surface area contributed by atoms with Crippen molar-refractivity contribution in [3.05, 3.63) is 347 Å². The number of para-hydroxylation sites is 2. The third-order valence-corrected chi connectivity index (χ3v) is 19.2. The average molecular weight is 1320 g/mol. The third-order valence-electron chi connectivity index (χ3n) is 19.2. The van der Waals surface area contributed by atoms with Crippen LogP contribution >= 0.6 is 0 Å². The Morgan fingerprint density at radius 1 is 0.340 bits per heavy atom. The lowest BCUT2D eigenvalue weighted by molar-refractivity contribution is 0.472. The second kappa shape index (κ2) is 23.5. The number of fused-ring (bicyclic) bond motifs is 4. The number of hydrogen-bond acceptors (Lipinski definition) is 15. The molecule has 0 atom stereocenters. The molecule has 2 N–H and O–H groups in total. The number of aryl methyl sites for hydroxylation is 2. The summed E-state index contributed by atoms with van der Waals surface area (Å²) in [6.45, 7) is 16.2. The van der Waals surface area contributed by atoms with Gasteiger partial charge in [-0.25, -0.2) is 18.3 Å². The highest BCUT2D eigenvalue weighted by Gasteiger charge is 2.31. The van der Waals surface area contributed by atoms with Crippen molar-refractivity contribution in [2.75, 3.05) is 9.80 Å². The Kier molecular flexibility index (Phi) is 14.8. The van der Waals surface area contributed by atoms with Gasteiger partial charge in [0.15, 0.2) is 17.3 Å². The van der Waals surface area contributed by atoms with Crippen molar-refractivity contribution in [2.24, 2.45) is 0 Å². The Hall–Kier alpha value is -13.3. The van der Waals surface area contributed by atoms with Crippen LogP contribution in [-0.4, -0.2) is 43.4 Å².